The lowest BCUT2D eigenvalue weighted by Gasteiger charge is -2.11. The molecule has 0 fully saturated rings. The Morgan fingerprint density at radius 3 is 3.00 bits per heavy atom. The van der Waals surface area contributed by atoms with Crippen LogP contribution in [0, 0.1) is 0 Å². The molecule has 1 atom stereocenters. The van der Waals surface area contributed by atoms with Gasteiger partial charge in [-0.2, -0.15) is 0 Å². The highest BCUT2D eigenvalue weighted by atomic mass is 15.1. The van der Waals surface area contributed by atoms with Crippen molar-refractivity contribution < 1.29 is 0 Å². The molecule has 5 heteroatoms. The molecule has 2 rings (SSSR count). The van der Waals surface area contributed by atoms with Crippen LogP contribution >= 0.6 is 0 Å². The van der Waals surface area contributed by atoms with Crippen LogP contribution in [0.5, 0.6) is 0 Å². The number of hydrogen-bond donors (Lipinski definition) is 2. The first-order valence-corrected chi connectivity index (χ1v) is 4.51. The number of nitrogens with zero attached hydrogens (tertiary/aromatic N) is 3. The van der Waals surface area contributed by atoms with Crippen LogP contribution in [-0.4, -0.2) is 21.1 Å². The molecule has 0 aromatic carbocycles. The van der Waals surface area contributed by atoms with E-state index in [2.05, 4.69) is 9.97 Å². The van der Waals surface area contributed by atoms with Crippen LogP contribution in [0.25, 0.3) is 11.0 Å². The first kappa shape index (κ1) is 8.96. The summed E-state index contributed by atoms with van der Waals surface area (Å²) in [5, 5.41) is 0.882. The van der Waals surface area contributed by atoms with Crippen molar-refractivity contribution >= 4 is 16.9 Å². The predicted octanol–water partition coefficient (Wildman–Crippen LogP) is 0.533. The zero-order valence-electron chi connectivity index (χ0n) is 8.01. The van der Waals surface area contributed by atoms with Gasteiger partial charge in [0.1, 0.15) is 17.8 Å². The number of hydrogen-bond acceptors (Lipinski definition) is 4. The summed E-state index contributed by atoms with van der Waals surface area (Å²) < 4.78 is 2.01. The van der Waals surface area contributed by atoms with Crippen molar-refractivity contribution in [1.82, 2.24) is 14.5 Å². The van der Waals surface area contributed by atoms with Crippen molar-refractivity contribution in [2.45, 2.75) is 13.0 Å². The maximum absolute atomic E-state index is 5.72. The average Bonchev–Trinajstić information content (AvgIpc) is 2.62. The van der Waals surface area contributed by atoms with Crippen molar-refractivity contribution in [3.63, 3.8) is 0 Å². The minimum atomic E-state index is 0.224. The third-order valence-electron chi connectivity index (χ3n) is 2.36. The lowest BCUT2D eigenvalue weighted by Crippen LogP contribution is -2.15. The van der Waals surface area contributed by atoms with E-state index in [0.29, 0.717) is 12.4 Å². The average molecular weight is 191 g/mol. The standard InChI is InChI=1S/C9H13N5/c1-6(4-10)14-3-2-7-8(11)12-5-13-9(7)14/h2-3,5-6H,4,10H2,1H3,(H2,11,12,13). The topological polar surface area (TPSA) is 82.8 Å². The number of aromatic nitrogens is 3. The highest BCUT2D eigenvalue weighted by Gasteiger charge is 2.09. The summed E-state index contributed by atoms with van der Waals surface area (Å²) in [5.74, 6) is 0.512. The monoisotopic (exact) mass is 191 g/mol. The molecule has 0 radical (unpaired) electrons. The summed E-state index contributed by atoms with van der Waals surface area (Å²) in [7, 11) is 0. The van der Waals surface area contributed by atoms with E-state index in [1.165, 1.54) is 6.33 Å². The minimum absolute atomic E-state index is 0.224. The van der Waals surface area contributed by atoms with Crippen LogP contribution in [-0.2, 0) is 0 Å². The summed E-state index contributed by atoms with van der Waals surface area (Å²) in [6.45, 7) is 2.62. The third kappa shape index (κ3) is 1.22. The van der Waals surface area contributed by atoms with Gasteiger partial charge in [0.2, 0.25) is 0 Å². The second kappa shape index (κ2) is 3.26. The SMILES string of the molecule is CC(CN)n1ccc2c(N)ncnc21. The first-order valence-electron chi connectivity index (χ1n) is 4.51. The van der Waals surface area contributed by atoms with Gasteiger partial charge in [0.15, 0.2) is 0 Å². The summed E-state index contributed by atoms with van der Waals surface area (Å²) in [6.07, 6.45) is 3.41. The smallest absolute Gasteiger partial charge is 0.145 e. The molecule has 14 heavy (non-hydrogen) atoms. The lowest BCUT2D eigenvalue weighted by molar-refractivity contribution is 0.573. The molecule has 0 spiro atoms. The third-order valence-corrected chi connectivity index (χ3v) is 2.36. The van der Waals surface area contributed by atoms with Gasteiger partial charge in [-0.15, -0.1) is 0 Å². The summed E-state index contributed by atoms with van der Waals surface area (Å²) in [4.78, 5) is 8.12. The van der Waals surface area contributed by atoms with Gasteiger partial charge in [0, 0.05) is 18.8 Å². The van der Waals surface area contributed by atoms with Crippen LogP contribution in [0.15, 0.2) is 18.6 Å². The van der Waals surface area contributed by atoms with Gasteiger partial charge in [-0.1, -0.05) is 0 Å². The van der Waals surface area contributed by atoms with Crippen molar-refractivity contribution in [2.24, 2.45) is 5.73 Å². The van der Waals surface area contributed by atoms with Gasteiger partial charge in [-0.3, -0.25) is 0 Å². The summed E-state index contributed by atoms with van der Waals surface area (Å²) in [5.41, 5.74) is 12.2. The molecule has 2 aromatic rings. The number of nitrogen functional groups attached to an aromatic ring is 1. The van der Waals surface area contributed by atoms with E-state index in [4.69, 9.17) is 11.5 Å². The van der Waals surface area contributed by atoms with Crippen LogP contribution in [0.3, 0.4) is 0 Å². The van der Waals surface area contributed by atoms with Gasteiger partial charge < -0.3 is 16.0 Å². The van der Waals surface area contributed by atoms with E-state index in [1.54, 1.807) is 0 Å². The molecule has 0 saturated heterocycles. The molecule has 74 valence electrons. The fraction of sp³-hybridized carbons (Fsp3) is 0.333. The molecule has 0 bridgehead atoms. The van der Waals surface area contributed by atoms with Gasteiger partial charge in [-0.25, -0.2) is 9.97 Å². The Kier molecular flexibility index (Phi) is 2.09. The molecule has 0 aliphatic rings. The van der Waals surface area contributed by atoms with E-state index < -0.39 is 0 Å². The zero-order valence-corrected chi connectivity index (χ0v) is 8.01. The molecule has 0 aliphatic carbocycles. The van der Waals surface area contributed by atoms with Crippen LogP contribution in [0.2, 0.25) is 0 Å². The molecule has 5 nitrogen and oxygen atoms in total. The van der Waals surface area contributed by atoms with Gasteiger partial charge in [-0.05, 0) is 13.0 Å². The molecule has 2 aromatic heterocycles. The molecule has 0 amide bonds. The normalized spacial score (nSPS) is 13.3. The molecule has 0 saturated carbocycles. The van der Waals surface area contributed by atoms with Crippen LogP contribution in [0.1, 0.15) is 13.0 Å². The Hall–Kier alpha value is -1.62. The van der Waals surface area contributed by atoms with Gasteiger partial charge in [0.25, 0.3) is 0 Å². The van der Waals surface area contributed by atoms with E-state index in [-0.39, 0.29) is 6.04 Å². The second-order valence-electron chi connectivity index (χ2n) is 3.30. The fourth-order valence-electron chi connectivity index (χ4n) is 1.46. The number of fused-ring (bicyclic) bond motifs is 1. The molecule has 1 unspecified atom stereocenters. The van der Waals surface area contributed by atoms with Crippen molar-refractivity contribution in [1.29, 1.82) is 0 Å². The Morgan fingerprint density at radius 1 is 1.50 bits per heavy atom. The Balaban J connectivity index is 2.63. The molecular weight excluding hydrogens is 178 g/mol. The second-order valence-corrected chi connectivity index (χ2v) is 3.30. The first-order chi connectivity index (χ1) is 6.74. The largest absolute Gasteiger partial charge is 0.383 e. The lowest BCUT2D eigenvalue weighted by atomic mass is 10.3. The van der Waals surface area contributed by atoms with Crippen LogP contribution in [0.4, 0.5) is 5.82 Å². The Morgan fingerprint density at radius 2 is 2.29 bits per heavy atom. The van der Waals surface area contributed by atoms with E-state index in [9.17, 15) is 0 Å². The maximum atomic E-state index is 5.72. The Bertz CT molecular complexity index is 447. The summed E-state index contributed by atoms with van der Waals surface area (Å²) in [6, 6.07) is 2.14. The van der Waals surface area contributed by atoms with E-state index in [1.807, 2.05) is 23.8 Å². The van der Waals surface area contributed by atoms with Gasteiger partial charge in [0.05, 0.1) is 5.39 Å². The molecular formula is C9H13N5. The molecule has 4 N–H and O–H groups in total. The Labute approximate surface area is 81.7 Å². The summed E-state index contributed by atoms with van der Waals surface area (Å²) >= 11 is 0. The molecule has 2 heterocycles. The fourth-order valence-corrected chi connectivity index (χ4v) is 1.46. The minimum Gasteiger partial charge on any atom is -0.383 e. The molecule has 0 aliphatic heterocycles. The quantitative estimate of drug-likeness (QED) is 0.725. The van der Waals surface area contributed by atoms with Crippen molar-refractivity contribution in [2.75, 3.05) is 12.3 Å². The van der Waals surface area contributed by atoms with Crippen molar-refractivity contribution in [3.05, 3.63) is 18.6 Å². The number of rotatable bonds is 2. The predicted molar refractivity (Wildman–Crippen MR) is 55.7 cm³/mol. The number of nitrogens with two attached hydrogens (primary N) is 2. The maximum Gasteiger partial charge on any atom is 0.145 e. The number of anilines is 1. The van der Waals surface area contributed by atoms with Gasteiger partial charge >= 0.3 is 0 Å². The van der Waals surface area contributed by atoms with E-state index >= 15 is 0 Å². The highest BCUT2D eigenvalue weighted by molar-refractivity contribution is 5.86. The van der Waals surface area contributed by atoms with E-state index in [0.717, 1.165) is 11.0 Å². The van der Waals surface area contributed by atoms with Crippen molar-refractivity contribution in [3.8, 4) is 0 Å². The van der Waals surface area contributed by atoms with Crippen LogP contribution < -0.4 is 11.5 Å². The zero-order chi connectivity index (χ0) is 10.1. The highest BCUT2D eigenvalue weighted by Crippen LogP contribution is 2.20.